The molecular formula is C16H12F6N2O3. The SMILES string of the molecule is O=C(CNC(=O)c1ccc(-c2cccc(C(F)(F)F)c2)o1)NCC(F)(F)F. The highest BCUT2D eigenvalue weighted by Gasteiger charge is 2.31. The molecule has 0 aliphatic carbocycles. The van der Waals surface area contributed by atoms with Crippen LogP contribution in [0.1, 0.15) is 16.1 Å². The molecule has 1 aromatic carbocycles. The van der Waals surface area contributed by atoms with Crippen LogP contribution in [0.5, 0.6) is 0 Å². The number of rotatable bonds is 5. The lowest BCUT2D eigenvalue weighted by Crippen LogP contribution is -2.40. The molecule has 1 aromatic heterocycles. The summed E-state index contributed by atoms with van der Waals surface area (Å²) < 4.78 is 79.2. The highest BCUT2D eigenvalue weighted by Crippen LogP contribution is 2.32. The summed E-state index contributed by atoms with van der Waals surface area (Å²) in [4.78, 5) is 23.1. The molecule has 0 unspecified atom stereocenters. The maximum atomic E-state index is 12.7. The van der Waals surface area contributed by atoms with Gasteiger partial charge >= 0.3 is 12.4 Å². The minimum Gasteiger partial charge on any atom is -0.451 e. The number of nitrogens with one attached hydrogen (secondary N) is 2. The highest BCUT2D eigenvalue weighted by atomic mass is 19.4. The number of hydrogen-bond donors (Lipinski definition) is 2. The van der Waals surface area contributed by atoms with Crippen LogP contribution in [0, 0.1) is 0 Å². The normalized spacial score (nSPS) is 11.9. The number of hydrogen-bond acceptors (Lipinski definition) is 3. The number of alkyl halides is 6. The van der Waals surface area contributed by atoms with Gasteiger partial charge in [-0.2, -0.15) is 26.3 Å². The van der Waals surface area contributed by atoms with Gasteiger partial charge in [0.05, 0.1) is 12.1 Å². The van der Waals surface area contributed by atoms with Crippen LogP contribution >= 0.6 is 0 Å². The molecule has 0 aliphatic heterocycles. The first-order valence-corrected chi connectivity index (χ1v) is 7.35. The minimum absolute atomic E-state index is 0.0206. The lowest BCUT2D eigenvalue weighted by molar-refractivity contribution is -0.137. The molecule has 0 atom stereocenters. The molecule has 2 rings (SSSR count). The minimum atomic E-state index is -4.58. The summed E-state index contributed by atoms with van der Waals surface area (Å²) in [6.07, 6.45) is -9.13. The van der Waals surface area contributed by atoms with E-state index in [1.165, 1.54) is 24.3 Å². The van der Waals surface area contributed by atoms with Crippen LogP contribution in [0.25, 0.3) is 11.3 Å². The molecular weight excluding hydrogens is 382 g/mol. The van der Waals surface area contributed by atoms with Crippen molar-refractivity contribution in [3.8, 4) is 11.3 Å². The van der Waals surface area contributed by atoms with E-state index in [1.54, 1.807) is 5.32 Å². The highest BCUT2D eigenvalue weighted by molar-refractivity contribution is 5.94. The number of amides is 2. The summed E-state index contributed by atoms with van der Waals surface area (Å²) in [6.45, 7) is -2.27. The molecule has 0 saturated heterocycles. The zero-order chi connectivity index (χ0) is 20.2. The van der Waals surface area contributed by atoms with Crippen molar-refractivity contribution in [1.82, 2.24) is 10.6 Å². The molecule has 146 valence electrons. The quantitative estimate of drug-likeness (QED) is 0.764. The number of halogens is 6. The number of carbonyl (C=O) groups is 2. The van der Waals surface area contributed by atoms with Crippen molar-refractivity contribution < 1.29 is 40.3 Å². The second-order valence-corrected chi connectivity index (χ2v) is 5.32. The lowest BCUT2D eigenvalue weighted by atomic mass is 10.1. The summed E-state index contributed by atoms with van der Waals surface area (Å²) in [6, 6.07) is 6.66. The van der Waals surface area contributed by atoms with Crippen LogP contribution in [0.4, 0.5) is 26.3 Å². The van der Waals surface area contributed by atoms with Crippen LogP contribution < -0.4 is 10.6 Å². The predicted octanol–water partition coefficient (Wildman–Crippen LogP) is 3.37. The Morgan fingerprint density at radius 3 is 2.30 bits per heavy atom. The standard InChI is InChI=1S/C16H12F6N2O3/c17-15(18,19)8-24-13(25)7-23-14(26)12-5-4-11(27-12)9-2-1-3-10(6-9)16(20,21)22/h1-6H,7-8H2,(H,23,26)(H,24,25). The van der Waals surface area contributed by atoms with E-state index in [-0.39, 0.29) is 17.1 Å². The van der Waals surface area contributed by atoms with Gasteiger partial charge in [0.2, 0.25) is 5.91 Å². The van der Waals surface area contributed by atoms with Gasteiger partial charge in [0.15, 0.2) is 5.76 Å². The first-order chi connectivity index (χ1) is 12.5. The smallest absolute Gasteiger partial charge is 0.416 e. The second kappa shape index (κ2) is 7.72. The number of carbonyl (C=O) groups excluding carboxylic acids is 2. The maximum Gasteiger partial charge on any atom is 0.416 e. The topological polar surface area (TPSA) is 71.3 Å². The van der Waals surface area contributed by atoms with E-state index < -0.39 is 42.8 Å². The summed E-state index contributed by atoms with van der Waals surface area (Å²) in [5, 5.41) is 3.61. The zero-order valence-corrected chi connectivity index (χ0v) is 13.4. The fourth-order valence-corrected chi connectivity index (χ4v) is 1.97. The van der Waals surface area contributed by atoms with E-state index in [4.69, 9.17) is 4.42 Å². The Labute approximate surface area is 148 Å². The van der Waals surface area contributed by atoms with Gasteiger partial charge in [-0.25, -0.2) is 0 Å². The third-order valence-electron chi connectivity index (χ3n) is 3.20. The second-order valence-electron chi connectivity index (χ2n) is 5.32. The van der Waals surface area contributed by atoms with Crippen molar-refractivity contribution in [3.05, 3.63) is 47.7 Å². The van der Waals surface area contributed by atoms with Gasteiger partial charge in [0.1, 0.15) is 12.3 Å². The molecule has 11 heteroatoms. The predicted molar refractivity (Wildman–Crippen MR) is 80.5 cm³/mol. The van der Waals surface area contributed by atoms with Gasteiger partial charge in [-0.15, -0.1) is 0 Å². The van der Waals surface area contributed by atoms with E-state index >= 15 is 0 Å². The van der Waals surface area contributed by atoms with E-state index in [9.17, 15) is 35.9 Å². The average Bonchev–Trinajstić information content (AvgIpc) is 3.07. The van der Waals surface area contributed by atoms with Crippen LogP contribution in [0.15, 0.2) is 40.8 Å². The summed E-state index contributed by atoms with van der Waals surface area (Å²) in [5.41, 5.74) is -0.824. The van der Waals surface area contributed by atoms with Gasteiger partial charge < -0.3 is 15.1 Å². The largest absolute Gasteiger partial charge is 0.451 e. The van der Waals surface area contributed by atoms with E-state index in [0.717, 1.165) is 12.1 Å². The van der Waals surface area contributed by atoms with Crippen LogP contribution in [-0.2, 0) is 11.0 Å². The summed E-state index contributed by atoms with van der Waals surface area (Å²) >= 11 is 0. The fourth-order valence-electron chi connectivity index (χ4n) is 1.97. The average molecular weight is 394 g/mol. The van der Waals surface area contributed by atoms with Crippen LogP contribution in [0.2, 0.25) is 0 Å². The fraction of sp³-hybridized carbons (Fsp3) is 0.250. The Morgan fingerprint density at radius 2 is 1.67 bits per heavy atom. The first kappa shape index (κ1) is 20.3. The molecule has 27 heavy (non-hydrogen) atoms. The molecule has 2 amide bonds. The van der Waals surface area contributed by atoms with Crippen LogP contribution in [-0.4, -0.2) is 31.1 Å². The third kappa shape index (κ3) is 6.04. The van der Waals surface area contributed by atoms with Crippen molar-refractivity contribution in [2.24, 2.45) is 0 Å². The van der Waals surface area contributed by atoms with Crippen molar-refractivity contribution >= 4 is 11.8 Å². The lowest BCUT2D eigenvalue weighted by Gasteiger charge is -2.08. The van der Waals surface area contributed by atoms with Gasteiger partial charge in [0, 0.05) is 5.56 Å². The molecule has 0 bridgehead atoms. The van der Waals surface area contributed by atoms with Crippen LogP contribution in [0.3, 0.4) is 0 Å². The Morgan fingerprint density at radius 1 is 0.963 bits per heavy atom. The van der Waals surface area contributed by atoms with E-state index in [1.807, 2.05) is 5.32 Å². The first-order valence-electron chi connectivity index (χ1n) is 7.35. The van der Waals surface area contributed by atoms with E-state index in [2.05, 4.69) is 0 Å². The maximum absolute atomic E-state index is 12.7. The number of benzene rings is 1. The van der Waals surface area contributed by atoms with Crippen molar-refractivity contribution in [2.75, 3.05) is 13.1 Å². The molecule has 1 heterocycles. The van der Waals surface area contributed by atoms with E-state index in [0.29, 0.717) is 0 Å². The third-order valence-corrected chi connectivity index (χ3v) is 3.20. The Bertz CT molecular complexity index is 826. The zero-order valence-electron chi connectivity index (χ0n) is 13.4. The Balaban J connectivity index is 1.99. The number of furan rings is 1. The van der Waals surface area contributed by atoms with Crippen molar-refractivity contribution in [3.63, 3.8) is 0 Å². The van der Waals surface area contributed by atoms with Gasteiger partial charge in [0.25, 0.3) is 5.91 Å². The molecule has 0 aliphatic rings. The molecule has 2 aromatic rings. The molecule has 0 saturated carbocycles. The molecule has 2 N–H and O–H groups in total. The molecule has 5 nitrogen and oxygen atoms in total. The van der Waals surface area contributed by atoms with Gasteiger partial charge in [-0.1, -0.05) is 12.1 Å². The van der Waals surface area contributed by atoms with Gasteiger partial charge in [-0.3, -0.25) is 9.59 Å². The molecule has 0 radical (unpaired) electrons. The van der Waals surface area contributed by atoms with Crippen molar-refractivity contribution in [2.45, 2.75) is 12.4 Å². The summed E-state index contributed by atoms with van der Waals surface area (Å²) in [7, 11) is 0. The summed E-state index contributed by atoms with van der Waals surface area (Å²) in [5.74, 6) is -2.31. The van der Waals surface area contributed by atoms with Crippen molar-refractivity contribution in [1.29, 1.82) is 0 Å². The Kier molecular flexibility index (Phi) is 5.82. The Hall–Kier alpha value is -2.98. The molecule has 0 fully saturated rings. The molecule has 0 spiro atoms. The monoisotopic (exact) mass is 394 g/mol. The van der Waals surface area contributed by atoms with Gasteiger partial charge in [-0.05, 0) is 24.3 Å².